The molecule has 1 aromatic heterocycles. The Morgan fingerprint density at radius 2 is 2.33 bits per heavy atom. The number of ether oxygens (including phenoxy) is 1. The summed E-state index contributed by atoms with van der Waals surface area (Å²) in [6.45, 7) is 3.75. The van der Waals surface area contributed by atoms with Crippen molar-refractivity contribution in [2.75, 3.05) is 25.1 Å². The average molecular weight is 327 g/mol. The van der Waals surface area contributed by atoms with Crippen LogP contribution in [0.3, 0.4) is 0 Å². The minimum absolute atomic E-state index is 0.0292. The van der Waals surface area contributed by atoms with Crippen LogP contribution in [0, 0.1) is 5.92 Å². The van der Waals surface area contributed by atoms with Gasteiger partial charge in [-0.15, -0.1) is 0 Å². The molecule has 2 N–H and O–H groups in total. The monoisotopic (exact) mass is 326 g/mol. The molecule has 0 bridgehead atoms. The van der Waals surface area contributed by atoms with E-state index in [1.165, 1.54) is 0 Å². The number of amides is 1. The van der Waals surface area contributed by atoms with Gasteiger partial charge in [-0.25, -0.2) is 0 Å². The summed E-state index contributed by atoms with van der Waals surface area (Å²) in [5.74, 6) is -0.344. The van der Waals surface area contributed by atoms with Gasteiger partial charge < -0.3 is 15.4 Å². The number of nitrogens with zero attached hydrogens (tertiary/aromatic N) is 2. The molecular weight excluding hydrogens is 312 g/mol. The van der Waals surface area contributed by atoms with Gasteiger partial charge in [0.25, 0.3) is 0 Å². The van der Waals surface area contributed by atoms with E-state index in [9.17, 15) is 4.79 Å². The number of hydrogen-bond acceptors (Lipinski definition) is 6. The van der Waals surface area contributed by atoms with Crippen LogP contribution in [0.4, 0.5) is 5.69 Å². The van der Waals surface area contributed by atoms with Gasteiger partial charge in [-0.1, -0.05) is 18.5 Å². The van der Waals surface area contributed by atoms with Gasteiger partial charge in [0.05, 0.1) is 41.6 Å². The Morgan fingerprint density at radius 1 is 1.48 bits per heavy atom. The first-order chi connectivity index (χ1) is 10.2. The largest absolute Gasteiger partial charge is 0.379 e. The number of likely N-dealkylation sites (N-methyl/N-ethyl adjacent to an activating group) is 1. The van der Waals surface area contributed by atoms with Crippen molar-refractivity contribution in [1.82, 2.24) is 14.1 Å². The molecule has 2 aromatic rings. The van der Waals surface area contributed by atoms with Crippen LogP contribution in [0.15, 0.2) is 12.1 Å². The van der Waals surface area contributed by atoms with Crippen LogP contribution in [0.5, 0.6) is 0 Å². The van der Waals surface area contributed by atoms with Crippen LogP contribution >= 0.6 is 23.3 Å². The minimum atomic E-state index is -0.233. The number of nitrogens with one attached hydrogen (secondary N) is 2. The highest BCUT2D eigenvalue weighted by Gasteiger charge is 2.34. The van der Waals surface area contributed by atoms with E-state index in [1.54, 1.807) is 12.1 Å². The molecule has 0 aliphatic carbocycles. The van der Waals surface area contributed by atoms with Gasteiger partial charge in [-0.2, -0.15) is 8.75 Å². The smallest absolute Gasteiger partial charge is 0.231 e. The van der Waals surface area contributed by atoms with Gasteiger partial charge in [0.1, 0.15) is 11.0 Å². The quantitative estimate of drug-likeness (QED) is 0.897. The third-order valence-corrected chi connectivity index (χ3v) is 4.37. The molecule has 0 radical (unpaired) electrons. The van der Waals surface area contributed by atoms with Crippen molar-refractivity contribution in [3.8, 4) is 0 Å². The molecule has 1 fully saturated rings. The summed E-state index contributed by atoms with van der Waals surface area (Å²) in [7, 11) is 0. The standard InChI is InChI=1S/C13H15ClN4O2S/c1-2-15-10-6-20-5-7(10)13(19)16-11-8(14)3-4-9-12(11)18-21-17-9/h3-4,7,10,15H,2,5-6H2,1H3,(H,16,19). The summed E-state index contributed by atoms with van der Waals surface area (Å²) in [4.78, 5) is 12.5. The average Bonchev–Trinajstić information content (AvgIpc) is 3.11. The van der Waals surface area contributed by atoms with Crippen molar-refractivity contribution < 1.29 is 9.53 Å². The lowest BCUT2D eigenvalue weighted by molar-refractivity contribution is -0.120. The van der Waals surface area contributed by atoms with Gasteiger partial charge in [0.2, 0.25) is 5.91 Å². The van der Waals surface area contributed by atoms with Crippen LogP contribution in [0.1, 0.15) is 6.92 Å². The van der Waals surface area contributed by atoms with Crippen molar-refractivity contribution in [3.05, 3.63) is 17.2 Å². The molecule has 2 unspecified atom stereocenters. The Kier molecular flexibility index (Phi) is 4.34. The SMILES string of the molecule is CCNC1COCC1C(=O)Nc1c(Cl)ccc2nsnc12. The van der Waals surface area contributed by atoms with Crippen molar-refractivity contribution in [2.45, 2.75) is 13.0 Å². The van der Waals surface area contributed by atoms with Gasteiger partial charge in [0.15, 0.2) is 0 Å². The normalized spacial score (nSPS) is 21.8. The fourth-order valence-electron chi connectivity index (χ4n) is 2.44. The number of halogens is 1. The number of fused-ring (bicyclic) bond motifs is 1. The first-order valence-corrected chi connectivity index (χ1v) is 7.84. The highest BCUT2D eigenvalue weighted by molar-refractivity contribution is 7.00. The van der Waals surface area contributed by atoms with Crippen LogP contribution in [0.2, 0.25) is 5.02 Å². The predicted octanol–water partition coefficient (Wildman–Crippen LogP) is 1.91. The summed E-state index contributed by atoms with van der Waals surface area (Å²) < 4.78 is 13.8. The summed E-state index contributed by atoms with van der Waals surface area (Å²) in [6.07, 6.45) is 0. The number of hydrogen-bond donors (Lipinski definition) is 2. The Bertz CT molecular complexity index is 663. The highest BCUT2D eigenvalue weighted by atomic mass is 35.5. The van der Waals surface area contributed by atoms with E-state index in [0.29, 0.717) is 29.4 Å². The molecule has 1 aromatic carbocycles. The van der Waals surface area contributed by atoms with Crippen molar-refractivity contribution in [2.24, 2.45) is 5.92 Å². The molecule has 8 heteroatoms. The molecule has 0 saturated carbocycles. The Labute approximate surface area is 131 Å². The van der Waals surface area contributed by atoms with E-state index in [4.69, 9.17) is 16.3 Å². The fourth-order valence-corrected chi connectivity index (χ4v) is 3.18. The Balaban J connectivity index is 1.83. The predicted molar refractivity (Wildman–Crippen MR) is 82.8 cm³/mol. The molecule has 112 valence electrons. The first-order valence-electron chi connectivity index (χ1n) is 6.73. The van der Waals surface area contributed by atoms with Gasteiger partial charge >= 0.3 is 0 Å². The molecule has 6 nitrogen and oxygen atoms in total. The lowest BCUT2D eigenvalue weighted by Crippen LogP contribution is -2.41. The zero-order valence-corrected chi connectivity index (χ0v) is 13.0. The number of aromatic nitrogens is 2. The first kappa shape index (κ1) is 14.6. The molecular formula is C13H15ClN4O2S. The van der Waals surface area contributed by atoms with Crippen molar-refractivity contribution in [1.29, 1.82) is 0 Å². The van der Waals surface area contributed by atoms with Gasteiger partial charge in [-0.05, 0) is 18.7 Å². The van der Waals surface area contributed by atoms with E-state index in [2.05, 4.69) is 19.4 Å². The third-order valence-electron chi connectivity index (χ3n) is 3.51. The Morgan fingerprint density at radius 3 is 3.14 bits per heavy atom. The van der Waals surface area contributed by atoms with Crippen LogP contribution in [-0.4, -0.2) is 40.5 Å². The molecule has 3 rings (SSSR count). The minimum Gasteiger partial charge on any atom is -0.379 e. The fraction of sp³-hybridized carbons (Fsp3) is 0.462. The van der Waals surface area contributed by atoms with Crippen LogP contribution in [-0.2, 0) is 9.53 Å². The molecule has 1 saturated heterocycles. The molecule has 21 heavy (non-hydrogen) atoms. The second-order valence-corrected chi connectivity index (χ2v) is 5.79. The maximum Gasteiger partial charge on any atom is 0.231 e. The maximum absolute atomic E-state index is 12.5. The third kappa shape index (κ3) is 2.87. The van der Waals surface area contributed by atoms with E-state index in [0.717, 1.165) is 23.8 Å². The van der Waals surface area contributed by atoms with E-state index in [-0.39, 0.29) is 17.9 Å². The topological polar surface area (TPSA) is 76.1 Å². The van der Waals surface area contributed by atoms with Gasteiger partial charge in [-0.3, -0.25) is 4.79 Å². The Hall–Kier alpha value is -1.28. The van der Waals surface area contributed by atoms with Crippen molar-refractivity contribution >= 4 is 46.0 Å². The summed E-state index contributed by atoms with van der Waals surface area (Å²) in [6, 6.07) is 3.53. The number of carbonyl (C=O) groups excluding carboxylic acids is 1. The molecule has 0 spiro atoms. The summed E-state index contributed by atoms with van der Waals surface area (Å²) >= 11 is 7.28. The van der Waals surface area contributed by atoms with E-state index in [1.807, 2.05) is 6.92 Å². The molecule has 1 aliphatic heterocycles. The number of rotatable bonds is 4. The second-order valence-electron chi connectivity index (χ2n) is 4.85. The molecule has 2 atom stereocenters. The zero-order valence-electron chi connectivity index (χ0n) is 11.4. The van der Waals surface area contributed by atoms with Crippen LogP contribution in [0.25, 0.3) is 11.0 Å². The van der Waals surface area contributed by atoms with Crippen LogP contribution < -0.4 is 10.6 Å². The molecule has 2 heterocycles. The summed E-state index contributed by atoms with van der Waals surface area (Å²) in [5.41, 5.74) is 1.88. The molecule has 1 aliphatic rings. The molecule has 1 amide bonds. The number of benzene rings is 1. The lowest BCUT2D eigenvalue weighted by atomic mass is 10.0. The maximum atomic E-state index is 12.5. The van der Waals surface area contributed by atoms with Gasteiger partial charge in [0, 0.05) is 6.04 Å². The highest BCUT2D eigenvalue weighted by Crippen LogP contribution is 2.30. The number of carbonyl (C=O) groups is 1. The number of anilines is 1. The second kappa shape index (κ2) is 6.23. The van der Waals surface area contributed by atoms with E-state index < -0.39 is 0 Å². The summed E-state index contributed by atoms with van der Waals surface area (Å²) in [5, 5.41) is 6.61. The zero-order chi connectivity index (χ0) is 14.8. The van der Waals surface area contributed by atoms with E-state index >= 15 is 0 Å². The van der Waals surface area contributed by atoms with Crippen molar-refractivity contribution in [3.63, 3.8) is 0 Å². The lowest BCUT2D eigenvalue weighted by Gasteiger charge is -2.18.